The summed E-state index contributed by atoms with van der Waals surface area (Å²) in [5.41, 5.74) is 0.0341. The maximum atomic E-state index is 11.6. The normalized spacial score (nSPS) is 25.4. The fraction of sp³-hybridized carbons (Fsp3) is 0.400. The fourth-order valence-corrected chi connectivity index (χ4v) is 2.62. The molecular weight excluding hydrogens is 397 g/mol. The Kier molecular flexibility index (Phi) is 8.18. The second-order valence-electron chi connectivity index (χ2n) is 4.85. The van der Waals surface area contributed by atoms with E-state index in [4.69, 9.17) is 14.5 Å². The first-order valence-corrected chi connectivity index (χ1v) is 7.89. The quantitative estimate of drug-likeness (QED) is 0.247. The van der Waals surface area contributed by atoms with E-state index in [9.17, 15) is 24.7 Å². The number of carbonyl (C=O) groups excluding carboxylic acids is 1. The summed E-state index contributed by atoms with van der Waals surface area (Å²) in [4.78, 5) is 40.1. The zero-order chi connectivity index (χ0) is 17.6. The molecule has 0 aliphatic carbocycles. The topological polar surface area (TPSA) is 197 Å². The monoisotopic (exact) mass is 410 g/mol. The Morgan fingerprint density at radius 3 is 2.46 bits per heavy atom. The molecule has 1 aliphatic heterocycles. The molecule has 0 amide bonds. The van der Waals surface area contributed by atoms with Crippen LogP contribution < -0.4 is 0 Å². The van der Waals surface area contributed by atoms with E-state index in [0.29, 0.717) is 0 Å². The van der Waals surface area contributed by atoms with Crippen molar-refractivity contribution in [2.45, 2.75) is 24.5 Å². The number of fused-ring (bicyclic) bond motifs is 1. The number of rotatable bonds is 3. The third kappa shape index (κ3) is 4.63. The van der Waals surface area contributed by atoms with Crippen LogP contribution in [0.2, 0.25) is 0 Å². The van der Waals surface area contributed by atoms with Crippen molar-refractivity contribution in [1.82, 2.24) is 19.5 Å². The van der Waals surface area contributed by atoms with E-state index in [1.807, 2.05) is 0 Å². The van der Waals surface area contributed by atoms with Gasteiger partial charge in [0.05, 0.1) is 6.33 Å². The van der Waals surface area contributed by atoms with Gasteiger partial charge in [0.1, 0.15) is 18.5 Å². The van der Waals surface area contributed by atoms with Crippen LogP contribution >= 0.6 is 7.82 Å². The summed E-state index contributed by atoms with van der Waals surface area (Å²) in [6.07, 6.45) is -4.54. The standard InChI is InChI=1S/C10H11N4O9P.2Na.2H/c15-4-5(16)9(22-6(4)10(18)23-24(19,20)21)14-2-13-3-7(14)11-1-12-8(3)17;;;;/h1-2,4-6,9,15-16H,(H,11,12,17)(H2,19,20,21);;;;/t4-,5+,6-,9+;;;;/m0..../s1. The van der Waals surface area contributed by atoms with Crippen molar-refractivity contribution in [2.24, 2.45) is 0 Å². The summed E-state index contributed by atoms with van der Waals surface area (Å²) in [6, 6.07) is 0. The minimum atomic E-state index is -5.14. The summed E-state index contributed by atoms with van der Waals surface area (Å²) in [6.45, 7) is 0. The minimum absolute atomic E-state index is 0. The van der Waals surface area contributed by atoms with Crippen molar-refractivity contribution < 1.29 is 43.7 Å². The van der Waals surface area contributed by atoms with Crippen molar-refractivity contribution in [3.63, 3.8) is 0 Å². The van der Waals surface area contributed by atoms with Gasteiger partial charge in [0.2, 0.25) is 5.88 Å². The molecule has 1 saturated heterocycles. The summed E-state index contributed by atoms with van der Waals surface area (Å²) in [5.74, 6) is -1.97. The zero-order valence-corrected chi connectivity index (χ0v) is 12.5. The Hall–Kier alpha value is -0.150. The molecule has 3 heterocycles. The van der Waals surface area contributed by atoms with Crippen molar-refractivity contribution in [3.05, 3.63) is 12.7 Å². The average Bonchev–Trinajstić information content (AvgIpc) is 3.01. The van der Waals surface area contributed by atoms with Gasteiger partial charge >= 0.3 is 72.9 Å². The number of aromatic hydroxyl groups is 1. The Morgan fingerprint density at radius 1 is 1.19 bits per heavy atom. The van der Waals surface area contributed by atoms with Gasteiger partial charge in [-0.2, -0.15) is 4.98 Å². The molecule has 0 saturated carbocycles. The van der Waals surface area contributed by atoms with Crippen LogP contribution in [-0.2, 0) is 18.6 Å². The molecule has 1 fully saturated rings. The third-order valence-corrected chi connectivity index (χ3v) is 3.71. The van der Waals surface area contributed by atoms with Crippen LogP contribution in [0.3, 0.4) is 0 Å². The van der Waals surface area contributed by atoms with E-state index in [1.54, 1.807) is 0 Å². The van der Waals surface area contributed by atoms with E-state index >= 15 is 0 Å². The number of phosphoric acid groups is 1. The SMILES string of the molecule is O=C(OP(=O)(O)O)[C@H]1O[C@@H](n2cnc3c(O)ncnc32)[C@H](O)[C@@H]1O.[NaH].[NaH]. The van der Waals surface area contributed by atoms with Gasteiger partial charge in [-0.15, -0.1) is 0 Å². The second kappa shape index (κ2) is 8.90. The molecule has 3 rings (SSSR count). The molecule has 0 aromatic carbocycles. The van der Waals surface area contributed by atoms with E-state index < -0.39 is 44.2 Å². The van der Waals surface area contributed by atoms with Crippen LogP contribution in [0.1, 0.15) is 6.23 Å². The number of phosphoric ester groups is 1. The summed E-state index contributed by atoms with van der Waals surface area (Å²) >= 11 is 0. The molecule has 4 atom stereocenters. The van der Waals surface area contributed by atoms with Crippen LogP contribution in [0.5, 0.6) is 5.88 Å². The van der Waals surface area contributed by atoms with Crippen LogP contribution in [-0.4, -0.2) is 128 Å². The second-order valence-corrected chi connectivity index (χ2v) is 6.01. The van der Waals surface area contributed by atoms with E-state index in [1.165, 1.54) is 0 Å². The molecule has 2 aromatic rings. The fourth-order valence-electron chi connectivity index (χ4n) is 2.28. The van der Waals surface area contributed by atoms with E-state index in [2.05, 4.69) is 19.5 Å². The van der Waals surface area contributed by atoms with Gasteiger partial charge in [0.15, 0.2) is 23.5 Å². The molecule has 13 nitrogen and oxygen atoms in total. The number of aromatic nitrogens is 4. The van der Waals surface area contributed by atoms with Crippen molar-refractivity contribution in [3.8, 4) is 5.88 Å². The zero-order valence-electron chi connectivity index (χ0n) is 11.6. The maximum absolute atomic E-state index is 11.6. The van der Waals surface area contributed by atoms with Crippen molar-refractivity contribution in [1.29, 1.82) is 0 Å². The predicted molar refractivity (Wildman–Crippen MR) is 85.3 cm³/mol. The molecule has 26 heavy (non-hydrogen) atoms. The van der Waals surface area contributed by atoms with E-state index in [0.717, 1.165) is 17.2 Å². The Morgan fingerprint density at radius 2 is 1.85 bits per heavy atom. The molecular formula is C10H13N4Na2O9P. The number of nitrogens with zero attached hydrogens (tertiary/aromatic N) is 4. The van der Waals surface area contributed by atoms with Gasteiger partial charge in [0, 0.05) is 0 Å². The number of aliphatic hydroxyl groups is 2. The first-order chi connectivity index (χ1) is 11.2. The Balaban J connectivity index is 0.00000169. The number of imidazole rings is 1. The summed E-state index contributed by atoms with van der Waals surface area (Å²) in [7, 11) is -5.14. The number of carbonyl (C=O) groups is 1. The van der Waals surface area contributed by atoms with Gasteiger partial charge in [-0.25, -0.2) is 19.3 Å². The van der Waals surface area contributed by atoms with Crippen LogP contribution in [0.15, 0.2) is 12.7 Å². The first-order valence-electron chi connectivity index (χ1n) is 6.36. The molecule has 0 radical (unpaired) electrons. The average molecular weight is 410 g/mol. The van der Waals surface area contributed by atoms with Gasteiger partial charge in [-0.05, 0) is 0 Å². The molecule has 16 heteroatoms. The third-order valence-electron chi connectivity index (χ3n) is 3.29. The Labute approximate surface area is 189 Å². The molecule has 1 aliphatic rings. The van der Waals surface area contributed by atoms with Gasteiger partial charge in [-0.3, -0.25) is 14.4 Å². The van der Waals surface area contributed by atoms with Crippen LogP contribution in [0, 0.1) is 0 Å². The van der Waals surface area contributed by atoms with Crippen molar-refractivity contribution >= 4 is 84.1 Å². The summed E-state index contributed by atoms with van der Waals surface area (Å²) in [5, 5.41) is 29.5. The molecule has 2 aromatic heterocycles. The van der Waals surface area contributed by atoms with Gasteiger partial charge in [-0.1, -0.05) is 0 Å². The number of hydrogen-bond acceptors (Lipinski definition) is 10. The van der Waals surface area contributed by atoms with Crippen LogP contribution in [0.25, 0.3) is 11.2 Å². The first kappa shape index (κ1) is 23.9. The van der Waals surface area contributed by atoms with E-state index in [-0.39, 0.29) is 70.3 Å². The molecule has 0 unspecified atom stereocenters. The molecule has 134 valence electrons. The number of hydrogen-bond donors (Lipinski definition) is 5. The molecule has 0 spiro atoms. The van der Waals surface area contributed by atoms with Crippen molar-refractivity contribution in [2.75, 3.05) is 0 Å². The molecule has 0 bridgehead atoms. The Bertz CT molecular complexity index is 845. The number of aliphatic hydroxyl groups excluding tert-OH is 2. The van der Waals surface area contributed by atoms with Gasteiger partial charge in [0.25, 0.3) is 0 Å². The number of ether oxygens (including phenoxy) is 1. The molecule has 5 N–H and O–H groups in total. The predicted octanol–water partition coefficient (Wildman–Crippen LogP) is -3.51. The summed E-state index contributed by atoms with van der Waals surface area (Å²) < 4.78 is 20.8. The van der Waals surface area contributed by atoms with Crippen LogP contribution in [0.4, 0.5) is 0 Å². The van der Waals surface area contributed by atoms with Gasteiger partial charge < -0.3 is 24.6 Å².